The van der Waals surface area contributed by atoms with Crippen molar-refractivity contribution in [2.45, 2.75) is 44.4 Å². The quantitative estimate of drug-likeness (QED) is 0.506. The minimum Gasteiger partial charge on any atom is -0.389 e. The van der Waals surface area contributed by atoms with Crippen molar-refractivity contribution >= 4 is 16.8 Å². The van der Waals surface area contributed by atoms with E-state index in [9.17, 15) is 30.7 Å². The summed E-state index contributed by atoms with van der Waals surface area (Å²) < 4.78 is 96.1. The second-order valence-electron chi connectivity index (χ2n) is 6.12. The molecule has 0 bridgehead atoms. The molecule has 0 aromatic heterocycles. The van der Waals surface area contributed by atoms with Gasteiger partial charge in [0.1, 0.15) is 17.3 Å². The van der Waals surface area contributed by atoms with Crippen LogP contribution in [0.3, 0.4) is 0 Å². The normalized spacial score (nSPS) is 16.6. The van der Waals surface area contributed by atoms with Crippen LogP contribution in [0.4, 0.5) is 30.7 Å². The number of hydrogen-bond donors (Lipinski definition) is 0. The van der Waals surface area contributed by atoms with Crippen LogP contribution in [-0.2, 0) is 21.9 Å². The highest BCUT2D eigenvalue weighted by Gasteiger charge is 2.32. The molecule has 0 saturated heterocycles. The Labute approximate surface area is 148 Å². The lowest BCUT2D eigenvalue weighted by Crippen LogP contribution is -2.18. The van der Waals surface area contributed by atoms with Crippen LogP contribution in [0.25, 0.3) is 0 Å². The maximum atomic E-state index is 14.0. The molecular weight excluding hydrogens is 391 g/mol. The molecule has 1 aromatic rings. The van der Waals surface area contributed by atoms with E-state index in [0.717, 1.165) is 11.8 Å². The van der Waals surface area contributed by atoms with Crippen molar-refractivity contribution in [1.82, 2.24) is 0 Å². The van der Waals surface area contributed by atoms with Crippen molar-refractivity contribution < 1.29 is 40.3 Å². The molecule has 146 valence electrons. The molecule has 0 amide bonds. The summed E-state index contributed by atoms with van der Waals surface area (Å²) in [5.41, 5.74) is -2.70. The summed E-state index contributed by atoms with van der Waals surface area (Å²) in [5.74, 6) is -7.40. The Morgan fingerprint density at radius 2 is 1.58 bits per heavy atom. The topological polar surface area (TPSA) is 30.8 Å². The molecule has 0 atom stereocenters. The van der Waals surface area contributed by atoms with Gasteiger partial charge in [0.15, 0.2) is 23.3 Å². The molecule has 0 fully saturated rings. The zero-order valence-electron chi connectivity index (χ0n) is 13.6. The Balaban J connectivity index is 2.14. The van der Waals surface area contributed by atoms with Gasteiger partial charge >= 0.3 is 6.18 Å². The Morgan fingerprint density at radius 1 is 1.04 bits per heavy atom. The van der Waals surface area contributed by atoms with Gasteiger partial charge in [0.2, 0.25) is 0 Å². The number of rotatable bonds is 5. The van der Waals surface area contributed by atoms with E-state index in [1.165, 1.54) is 0 Å². The first-order valence-electron chi connectivity index (χ1n) is 7.27. The molecule has 0 radical (unpaired) electrons. The summed E-state index contributed by atoms with van der Waals surface area (Å²) in [6.07, 6.45) is -4.38. The molecule has 1 heterocycles. The van der Waals surface area contributed by atoms with E-state index in [2.05, 4.69) is 9.89 Å². The lowest BCUT2D eigenvalue weighted by Gasteiger charge is -2.14. The number of ether oxygens (including phenoxy) is 1. The van der Waals surface area contributed by atoms with Crippen LogP contribution in [0.15, 0.2) is 5.16 Å². The van der Waals surface area contributed by atoms with Gasteiger partial charge < -0.3 is 9.57 Å². The summed E-state index contributed by atoms with van der Waals surface area (Å²) in [4.78, 5) is 5.06. The predicted molar refractivity (Wildman–Crippen MR) is 80.5 cm³/mol. The number of halogens is 7. The fourth-order valence-corrected chi connectivity index (χ4v) is 3.18. The maximum absolute atomic E-state index is 14.0. The minimum atomic E-state index is -4.74. The molecular formula is C15H14F7NO2S. The Hall–Kier alpha value is -1.49. The van der Waals surface area contributed by atoms with Crippen LogP contribution in [-0.4, -0.2) is 23.4 Å². The SMILES string of the molecule is CC1(C)CC(SCc2c(F)c(F)c(COCC(F)(F)F)c(F)c2F)=NO1. The Morgan fingerprint density at radius 3 is 2.04 bits per heavy atom. The van der Waals surface area contributed by atoms with Gasteiger partial charge in [-0.05, 0) is 13.8 Å². The van der Waals surface area contributed by atoms with E-state index >= 15 is 0 Å². The van der Waals surface area contributed by atoms with Crippen LogP contribution in [0, 0.1) is 23.3 Å². The molecule has 2 rings (SSSR count). The first-order chi connectivity index (χ1) is 11.9. The first-order valence-corrected chi connectivity index (χ1v) is 8.26. The highest BCUT2D eigenvalue weighted by atomic mass is 32.2. The molecule has 11 heteroatoms. The average Bonchev–Trinajstić information content (AvgIpc) is 2.87. The van der Waals surface area contributed by atoms with Crippen LogP contribution < -0.4 is 0 Å². The van der Waals surface area contributed by atoms with Gasteiger partial charge in [0, 0.05) is 17.7 Å². The molecule has 0 saturated carbocycles. The van der Waals surface area contributed by atoms with Crippen molar-refractivity contribution in [3.05, 3.63) is 34.4 Å². The smallest absolute Gasteiger partial charge is 0.389 e. The van der Waals surface area contributed by atoms with Gasteiger partial charge in [-0.3, -0.25) is 0 Å². The lowest BCUT2D eigenvalue weighted by molar-refractivity contribution is -0.177. The standard InChI is InChI=1S/C15H14F7NO2S/c1-14(2)3-9(23-25-14)26-5-8-12(18)10(16)7(11(17)13(8)19)4-24-6-15(20,21)22/h3-6H2,1-2H3. The Kier molecular flexibility index (Phi) is 6.11. The van der Waals surface area contributed by atoms with Crippen molar-refractivity contribution in [3.63, 3.8) is 0 Å². The molecule has 1 aliphatic heterocycles. The highest BCUT2D eigenvalue weighted by Crippen LogP contribution is 2.32. The highest BCUT2D eigenvalue weighted by molar-refractivity contribution is 8.13. The minimum absolute atomic E-state index is 0.356. The van der Waals surface area contributed by atoms with Crippen LogP contribution in [0.1, 0.15) is 31.4 Å². The van der Waals surface area contributed by atoms with Gasteiger partial charge in [0.05, 0.1) is 12.2 Å². The summed E-state index contributed by atoms with van der Waals surface area (Å²) in [7, 11) is 0. The monoisotopic (exact) mass is 405 g/mol. The second-order valence-corrected chi connectivity index (χ2v) is 7.17. The van der Waals surface area contributed by atoms with E-state index in [0.29, 0.717) is 11.5 Å². The van der Waals surface area contributed by atoms with Crippen LogP contribution in [0.5, 0.6) is 0 Å². The van der Waals surface area contributed by atoms with Crippen molar-refractivity contribution in [2.75, 3.05) is 6.61 Å². The van der Waals surface area contributed by atoms with Crippen molar-refractivity contribution in [3.8, 4) is 0 Å². The summed E-state index contributed by atoms with van der Waals surface area (Å²) in [6, 6.07) is 0. The number of thioether (sulfide) groups is 1. The van der Waals surface area contributed by atoms with Gasteiger partial charge in [-0.2, -0.15) is 13.2 Å². The van der Waals surface area contributed by atoms with E-state index in [1.54, 1.807) is 13.8 Å². The van der Waals surface area contributed by atoms with E-state index in [4.69, 9.17) is 4.84 Å². The van der Waals surface area contributed by atoms with Crippen LogP contribution >= 0.6 is 11.8 Å². The molecule has 1 aromatic carbocycles. The van der Waals surface area contributed by atoms with Crippen LogP contribution in [0.2, 0.25) is 0 Å². The summed E-state index contributed by atoms with van der Waals surface area (Å²) >= 11 is 0.844. The van der Waals surface area contributed by atoms with Crippen molar-refractivity contribution in [2.24, 2.45) is 5.16 Å². The zero-order valence-corrected chi connectivity index (χ0v) is 14.5. The predicted octanol–water partition coefficient (Wildman–Crippen LogP) is 5.07. The molecule has 1 aliphatic rings. The second kappa shape index (κ2) is 7.63. The third kappa shape index (κ3) is 5.03. The van der Waals surface area contributed by atoms with Gasteiger partial charge in [-0.25, -0.2) is 17.6 Å². The molecule has 0 N–H and O–H groups in total. The summed E-state index contributed by atoms with van der Waals surface area (Å²) in [6.45, 7) is 0.413. The fourth-order valence-electron chi connectivity index (χ4n) is 2.08. The third-order valence-corrected chi connectivity index (χ3v) is 4.30. The number of oxime groups is 1. The first kappa shape index (κ1) is 20.8. The molecule has 3 nitrogen and oxygen atoms in total. The maximum Gasteiger partial charge on any atom is 0.411 e. The molecule has 0 aliphatic carbocycles. The zero-order chi connectivity index (χ0) is 19.7. The van der Waals surface area contributed by atoms with Gasteiger partial charge in [0.25, 0.3) is 0 Å². The van der Waals surface area contributed by atoms with Gasteiger partial charge in [-0.1, -0.05) is 5.16 Å². The average molecular weight is 405 g/mol. The number of nitrogens with zero attached hydrogens (tertiary/aromatic N) is 1. The Bertz CT molecular complexity index is 690. The third-order valence-electron chi connectivity index (χ3n) is 3.31. The molecule has 26 heavy (non-hydrogen) atoms. The largest absolute Gasteiger partial charge is 0.411 e. The van der Waals surface area contributed by atoms with Crippen molar-refractivity contribution in [1.29, 1.82) is 0 Å². The van der Waals surface area contributed by atoms with E-state index < -0.39 is 65.1 Å². The van der Waals surface area contributed by atoms with E-state index in [1.807, 2.05) is 0 Å². The fraction of sp³-hybridized carbons (Fsp3) is 0.533. The van der Waals surface area contributed by atoms with Gasteiger partial charge in [-0.15, -0.1) is 11.8 Å². The molecule has 0 spiro atoms. The number of benzene rings is 1. The molecule has 0 unspecified atom stereocenters. The lowest BCUT2D eigenvalue weighted by atomic mass is 10.1. The number of hydrogen-bond acceptors (Lipinski definition) is 4. The summed E-state index contributed by atoms with van der Waals surface area (Å²) in [5, 5.41) is 4.11. The van der Waals surface area contributed by atoms with E-state index in [-0.39, 0.29) is 0 Å². The number of alkyl halides is 3.